The quantitative estimate of drug-likeness (QED) is 0.901. The van der Waals surface area contributed by atoms with Gasteiger partial charge < -0.3 is 14.3 Å². The SMILES string of the molecule is COc1ccc(/C=C\c2cc(=O)c(O)co2)cc1. The Balaban J connectivity index is 2.18. The van der Waals surface area contributed by atoms with Gasteiger partial charge in [0.05, 0.1) is 7.11 Å². The first-order valence-electron chi connectivity index (χ1n) is 5.33. The van der Waals surface area contributed by atoms with Gasteiger partial charge in [0.2, 0.25) is 5.43 Å². The average molecular weight is 244 g/mol. The van der Waals surface area contributed by atoms with Crippen molar-refractivity contribution in [1.82, 2.24) is 0 Å². The van der Waals surface area contributed by atoms with Crippen LogP contribution in [0.3, 0.4) is 0 Å². The Hall–Kier alpha value is -2.49. The van der Waals surface area contributed by atoms with Crippen molar-refractivity contribution in [2.45, 2.75) is 0 Å². The van der Waals surface area contributed by atoms with Crippen LogP contribution in [-0.4, -0.2) is 12.2 Å². The van der Waals surface area contributed by atoms with Gasteiger partial charge in [-0.3, -0.25) is 4.79 Å². The highest BCUT2D eigenvalue weighted by Crippen LogP contribution is 2.14. The lowest BCUT2D eigenvalue weighted by molar-refractivity contribution is 0.415. The monoisotopic (exact) mass is 244 g/mol. The molecule has 0 fully saturated rings. The van der Waals surface area contributed by atoms with Crippen molar-refractivity contribution < 1.29 is 14.3 Å². The first kappa shape index (κ1) is 12.0. The fourth-order valence-electron chi connectivity index (χ4n) is 1.40. The molecule has 0 aliphatic carbocycles. The van der Waals surface area contributed by atoms with Gasteiger partial charge in [-0.25, -0.2) is 0 Å². The van der Waals surface area contributed by atoms with E-state index in [-0.39, 0.29) is 0 Å². The number of methoxy groups -OCH3 is 1. The predicted molar refractivity (Wildman–Crippen MR) is 68.6 cm³/mol. The molecule has 92 valence electrons. The number of hydrogen-bond donors (Lipinski definition) is 1. The fraction of sp³-hybridized carbons (Fsp3) is 0.0714. The first-order valence-corrected chi connectivity index (χ1v) is 5.33. The first-order chi connectivity index (χ1) is 8.69. The standard InChI is InChI=1S/C14H12O4/c1-17-11-5-2-10(3-6-11)4-7-12-8-13(15)14(16)9-18-12/h2-9,16H,1H3/b7-4-. The summed E-state index contributed by atoms with van der Waals surface area (Å²) in [7, 11) is 1.61. The number of aromatic hydroxyl groups is 1. The number of ether oxygens (including phenoxy) is 1. The molecule has 18 heavy (non-hydrogen) atoms. The second-order valence-electron chi connectivity index (χ2n) is 3.64. The molecule has 0 radical (unpaired) electrons. The van der Waals surface area contributed by atoms with E-state index in [4.69, 9.17) is 14.3 Å². The predicted octanol–water partition coefficient (Wildman–Crippen LogP) is 2.52. The number of benzene rings is 1. The van der Waals surface area contributed by atoms with Crippen molar-refractivity contribution in [1.29, 1.82) is 0 Å². The van der Waals surface area contributed by atoms with E-state index in [0.717, 1.165) is 17.6 Å². The molecule has 1 aromatic heterocycles. The molecule has 0 saturated carbocycles. The molecule has 0 unspecified atom stereocenters. The minimum Gasteiger partial charge on any atom is -0.502 e. The third-order valence-corrected chi connectivity index (χ3v) is 2.39. The van der Waals surface area contributed by atoms with Crippen LogP contribution in [-0.2, 0) is 0 Å². The van der Waals surface area contributed by atoms with Gasteiger partial charge >= 0.3 is 0 Å². The Labute approximate surface area is 104 Å². The summed E-state index contributed by atoms with van der Waals surface area (Å²) in [5.74, 6) is 0.772. The molecule has 0 bridgehead atoms. The van der Waals surface area contributed by atoms with Crippen molar-refractivity contribution in [3.05, 3.63) is 58.1 Å². The summed E-state index contributed by atoms with van der Waals surface area (Å²) in [5.41, 5.74) is 0.488. The zero-order valence-corrected chi connectivity index (χ0v) is 9.79. The number of rotatable bonds is 3. The highest BCUT2D eigenvalue weighted by molar-refractivity contribution is 5.67. The minimum absolute atomic E-state index is 0.383. The molecule has 0 aliphatic rings. The molecule has 1 aromatic carbocycles. The van der Waals surface area contributed by atoms with Gasteiger partial charge in [-0.2, -0.15) is 0 Å². The highest BCUT2D eigenvalue weighted by Gasteiger charge is 1.98. The Kier molecular flexibility index (Phi) is 3.48. The fourth-order valence-corrected chi connectivity index (χ4v) is 1.40. The average Bonchev–Trinajstić information content (AvgIpc) is 2.41. The van der Waals surface area contributed by atoms with Crippen molar-refractivity contribution in [3.8, 4) is 11.5 Å². The van der Waals surface area contributed by atoms with Gasteiger partial charge in [0.25, 0.3) is 0 Å². The summed E-state index contributed by atoms with van der Waals surface area (Å²) < 4.78 is 10.1. The van der Waals surface area contributed by atoms with Gasteiger partial charge in [0.1, 0.15) is 17.8 Å². The molecule has 4 heteroatoms. The van der Waals surface area contributed by atoms with Crippen molar-refractivity contribution >= 4 is 12.2 Å². The van der Waals surface area contributed by atoms with Crippen molar-refractivity contribution in [3.63, 3.8) is 0 Å². The van der Waals surface area contributed by atoms with Gasteiger partial charge in [-0.05, 0) is 23.8 Å². The van der Waals surface area contributed by atoms with Crippen molar-refractivity contribution in [2.24, 2.45) is 0 Å². The lowest BCUT2D eigenvalue weighted by Gasteiger charge is -1.99. The van der Waals surface area contributed by atoms with Crippen molar-refractivity contribution in [2.75, 3.05) is 7.11 Å². The molecule has 0 spiro atoms. The Morgan fingerprint density at radius 3 is 2.56 bits per heavy atom. The van der Waals surface area contributed by atoms with Gasteiger partial charge in [-0.1, -0.05) is 18.2 Å². The highest BCUT2D eigenvalue weighted by atomic mass is 16.5. The van der Waals surface area contributed by atoms with E-state index in [1.54, 1.807) is 19.3 Å². The van der Waals surface area contributed by atoms with Gasteiger partial charge in [-0.15, -0.1) is 0 Å². The summed E-state index contributed by atoms with van der Waals surface area (Å²) >= 11 is 0. The second-order valence-corrected chi connectivity index (χ2v) is 3.64. The molecular weight excluding hydrogens is 232 g/mol. The van der Waals surface area contributed by atoms with E-state index >= 15 is 0 Å². The van der Waals surface area contributed by atoms with Gasteiger partial charge in [0.15, 0.2) is 5.75 Å². The molecule has 0 atom stereocenters. The lowest BCUT2D eigenvalue weighted by atomic mass is 10.2. The molecule has 0 amide bonds. The van der Waals surface area contributed by atoms with Crippen LogP contribution < -0.4 is 10.2 Å². The molecule has 0 saturated heterocycles. The van der Waals surface area contributed by atoms with Crippen LogP contribution in [0.2, 0.25) is 0 Å². The van der Waals surface area contributed by atoms with E-state index in [0.29, 0.717) is 5.76 Å². The number of hydrogen-bond acceptors (Lipinski definition) is 4. The molecule has 2 rings (SSSR count). The van der Waals surface area contributed by atoms with E-state index in [1.165, 1.54) is 6.07 Å². The van der Waals surface area contributed by atoms with Crippen LogP contribution in [0.1, 0.15) is 11.3 Å². The topological polar surface area (TPSA) is 59.7 Å². The van der Waals surface area contributed by atoms with E-state index in [1.807, 2.05) is 24.3 Å². The summed E-state index contributed by atoms with van der Waals surface area (Å²) in [4.78, 5) is 11.2. The molecular formula is C14H12O4. The second kappa shape index (κ2) is 5.23. The molecule has 1 N–H and O–H groups in total. The van der Waals surface area contributed by atoms with E-state index in [9.17, 15) is 4.79 Å². The zero-order chi connectivity index (χ0) is 13.0. The van der Waals surface area contributed by atoms with Crippen LogP contribution in [0.5, 0.6) is 11.5 Å². The maximum Gasteiger partial charge on any atom is 0.227 e. The van der Waals surface area contributed by atoms with Gasteiger partial charge in [0, 0.05) is 6.07 Å². The third-order valence-electron chi connectivity index (χ3n) is 2.39. The minimum atomic E-state index is -0.462. The summed E-state index contributed by atoms with van der Waals surface area (Å²) in [5, 5.41) is 9.04. The Morgan fingerprint density at radius 1 is 1.22 bits per heavy atom. The summed E-state index contributed by atoms with van der Waals surface area (Å²) in [6, 6.07) is 8.68. The zero-order valence-electron chi connectivity index (χ0n) is 9.79. The molecule has 2 aromatic rings. The third kappa shape index (κ3) is 2.79. The summed E-state index contributed by atoms with van der Waals surface area (Å²) in [6.07, 6.45) is 4.48. The van der Waals surface area contributed by atoms with E-state index < -0.39 is 11.2 Å². The van der Waals surface area contributed by atoms with Crippen LogP contribution in [0.4, 0.5) is 0 Å². The smallest absolute Gasteiger partial charge is 0.227 e. The van der Waals surface area contributed by atoms with Crippen LogP contribution in [0, 0.1) is 0 Å². The van der Waals surface area contributed by atoms with E-state index in [2.05, 4.69) is 0 Å². The Bertz CT molecular complexity index is 608. The Morgan fingerprint density at radius 2 is 1.94 bits per heavy atom. The molecule has 1 heterocycles. The maximum atomic E-state index is 11.2. The largest absolute Gasteiger partial charge is 0.502 e. The lowest BCUT2D eigenvalue weighted by Crippen LogP contribution is -1.97. The molecule has 0 aliphatic heterocycles. The normalized spacial score (nSPS) is 10.7. The maximum absolute atomic E-state index is 11.2. The summed E-state index contributed by atoms with van der Waals surface area (Å²) in [6.45, 7) is 0. The molecule has 4 nitrogen and oxygen atoms in total. The van der Waals surface area contributed by atoms with Crippen LogP contribution in [0.25, 0.3) is 12.2 Å². The van der Waals surface area contributed by atoms with Crippen LogP contribution in [0.15, 0.2) is 45.8 Å². The van der Waals surface area contributed by atoms with Crippen LogP contribution >= 0.6 is 0 Å².